The van der Waals surface area contributed by atoms with Crippen LogP contribution in [0.1, 0.15) is 92.9 Å². The molecule has 0 bridgehead atoms. The van der Waals surface area contributed by atoms with Gasteiger partial charge in [-0.1, -0.05) is 53.2 Å². The molecule has 0 aliphatic heterocycles. The molecule has 3 fully saturated rings. The van der Waals surface area contributed by atoms with E-state index in [1.54, 1.807) is 0 Å². The molecule has 0 heterocycles. The lowest BCUT2D eigenvalue weighted by Gasteiger charge is -2.60. The first-order valence-corrected chi connectivity index (χ1v) is 13.6. The van der Waals surface area contributed by atoms with E-state index in [-0.39, 0.29) is 23.7 Å². The summed E-state index contributed by atoms with van der Waals surface area (Å²) in [6.07, 6.45) is 11.1. The number of rotatable bonds is 6. The summed E-state index contributed by atoms with van der Waals surface area (Å²) in [7, 11) is 1.89. The lowest BCUT2D eigenvalue weighted by Crippen LogP contribution is -2.55. The molecule has 0 aromatic carbocycles. The van der Waals surface area contributed by atoms with E-state index in [9.17, 15) is 10.2 Å². The Hall–Kier alpha value is -0.380. The van der Waals surface area contributed by atoms with E-state index >= 15 is 0 Å². The molecule has 4 aliphatic rings. The lowest BCUT2D eigenvalue weighted by molar-refractivity contribution is -0.111. The molecule has 4 aliphatic carbocycles. The molecule has 0 aromatic rings. The van der Waals surface area contributed by atoms with Crippen molar-refractivity contribution in [3.63, 3.8) is 0 Å². The summed E-state index contributed by atoms with van der Waals surface area (Å²) in [4.78, 5) is 0. The van der Waals surface area contributed by atoms with E-state index in [0.29, 0.717) is 46.8 Å². The second-order valence-electron chi connectivity index (χ2n) is 13.1. The second-order valence-corrected chi connectivity index (χ2v) is 13.1. The Labute approximate surface area is 197 Å². The highest BCUT2D eigenvalue weighted by Crippen LogP contribution is 2.67. The summed E-state index contributed by atoms with van der Waals surface area (Å²) < 4.78 is 6.16. The summed E-state index contributed by atoms with van der Waals surface area (Å²) in [6, 6.07) is 0. The van der Waals surface area contributed by atoms with Gasteiger partial charge in [0.2, 0.25) is 0 Å². The quantitative estimate of drug-likeness (QED) is 0.475. The first kappa shape index (κ1) is 24.7. The third kappa shape index (κ3) is 3.93. The molecular weight excluding hydrogens is 396 g/mol. The van der Waals surface area contributed by atoms with Gasteiger partial charge in [-0.15, -0.1) is 0 Å². The molecule has 0 amide bonds. The zero-order valence-corrected chi connectivity index (χ0v) is 21.8. The van der Waals surface area contributed by atoms with Crippen LogP contribution in [0, 0.1) is 52.3 Å². The third-order valence-corrected chi connectivity index (χ3v) is 11.4. The van der Waals surface area contributed by atoms with Crippen molar-refractivity contribution in [1.29, 1.82) is 0 Å². The number of aliphatic hydroxyl groups is 2. The third-order valence-electron chi connectivity index (χ3n) is 11.4. The standard InChI is InChI=1S/C29H50O3/c1-17(2)18(3)14-25(31)19(4)22-8-9-23-27-24(11-13-29(22,23)6)28(5)12-10-21(30)15-20(28)16-26(27)32-7/h16-19,21-27,30-31H,8-15H2,1-7H3/t18-,19+,21+,22?,23?,24?,25-,26+,27?,28+,29-/m1/s1. The maximum atomic E-state index is 11.2. The second kappa shape index (κ2) is 9.00. The molecule has 0 radical (unpaired) electrons. The van der Waals surface area contributed by atoms with Gasteiger partial charge < -0.3 is 14.9 Å². The molecule has 184 valence electrons. The smallest absolute Gasteiger partial charge is 0.0788 e. The average Bonchev–Trinajstić information content (AvgIpc) is 3.10. The van der Waals surface area contributed by atoms with E-state index < -0.39 is 0 Å². The summed E-state index contributed by atoms with van der Waals surface area (Å²) >= 11 is 0. The predicted octanol–water partition coefficient (Wildman–Crippen LogP) is 6.23. The summed E-state index contributed by atoms with van der Waals surface area (Å²) in [5.41, 5.74) is 2.00. The summed E-state index contributed by atoms with van der Waals surface area (Å²) in [5.74, 6) is 4.07. The molecule has 4 rings (SSSR count). The molecule has 32 heavy (non-hydrogen) atoms. The minimum absolute atomic E-state index is 0.177. The van der Waals surface area contributed by atoms with Crippen molar-refractivity contribution in [2.75, 3.05) is 7.11 Å². The molecule has 4 unspecified atom stereocenters. The SMILES string of the molecule is CO[C@H]1C=C2C[C@@H](O)CC[C@]2(C)C2CC[C@@]3(C)C(CCC3[C@H](C)[C@H](O)C[C@@H](C)C(C)C)C21. The highest BCUT2D eigenvalue weighted by atomic mass is 16.5. The van der Waals surface area contributed by atoms with Gasteiger partial charge in [-0.25, -0.2) is 0 Å². The predicted molar refractivity (Wildman–Crippen MR) is 131 cm³/mol. The van der Waals surface area contributed by atoms with Gasteiger partial charge in [0.1, 0.15) is 0 Å². The number of hydrogen-bond acceptors (Lipinski definition) is 3. The molecular formula is C29H50O3. The molecule has 2 N–H and O–H groups in total. The van der Waals surface area contributed by atoms with Crippen molar-refractivity contribution in [2.24, 2.45) is 52.3 Å². The van der Waals surface area contributed by atoms with Crippen LogP contribution in [-0.2, 0) is 4.74 Å². The zero-order chi connectivity index (χ0) is 23.4. The largest absolute Gasteiger partial charge is 0.393 e. The molecule has 3 nitrogen and oxygen atoms in total. The number of ether oxygens (including phenoxy) is 1. The van der Waals surface area contributed by atoms with Crippen LogP contribution in [0.25, 0.3) is 0 Å². The summed E-state index contributed by atoms with van der Waals surface area (Å²) in [5, 5.41) is 21.5. The monoisotopic (exact) mass is 446 g/mol. The van der Waals surface area contributed by atoms with Gasteiger partial charge in [-0.3, -0.25) is 0 Å². The lowest BCUT2D eigenvalue weighted by atomic mass is 9.46. The molecule has 11 atom stereocenters. The zero-order valence-electron chi connectivity index (χ0n) is 21.8. The fraction of sp³-hybridized carbons (Fsp3) is 0.931. The highest BCUT2D eigenvalue weighted by molar-refractivity contribution is 5.28. The number of methoxy groups -OCH3 is 1. The number of hydrogen-bond donors (Lipinski definition) is 2. The van der Waals surface area contributed by atoms with Gasteiger partial charge in [0.25, 0.3) is 0 Å². The fourth-order valence-electron chi connectivity index (χ4n) is 8.87. The van der Waals surface area contributed by atoms with Crippen LogP contribution in [0.4, 0.5) is 0 Å². The molecule has 0 spiro atoms. The topological polar surface area (TPSA) is 49.7 Å². The molecule has 0 saturated heterocycles. The Morgan fingerprint density at radius 3 is 2.41 bits per heavy atom. The summed E-state index contributed by atoms with van der Waals surface area (Å²) in [6.45, 7) is 14.2. The van der Waals surface area contributed by atoms with Crippen LogP contribution in [0.15, 0.2) is 11.6 Å². The van der Waals surface area contributed by atoms with Crippen LogP contribution in [0.3, 0.4) is 0 Å². The van der Waals surface area contributed by atoms with Crippen molar-refractivity contribution < 1.29 is 14.9 Å². The maximum Gasteiger partial charge on any atom is 0.0788 e. The average molecular weight is 447 g/mol. The van der Waals surface area contributed by atoms with E-state index in [1.807, 2.05) is 7.11 Å². The Morgan fingerprint density at radius 1 is 1.03 bits per heavy atom. The Morgan fingerprint density at radius 2 is 1.75 bits per heavy atom. The minimum atomic E-state index is -0.195. The van der Waals surface area contributed by atoms with Crippen molar-refractivity contribution in [3.05, 3.63) is 11.6 Å². The number of aliphatic hydroxyl groups excluding tert-OH is 2. The van der Waals surface area contributed by atoms with E-state index in [4.69, 9.17) is 4.74 Å². The van der Waals surface area contributed by atoms with E-state index in [0.717, 1.165) is 25.7 Å². The van der Waals surface area contributed by atoms with Gasteiger partial charge in [0.05, 0.1) is 18.3 Å². The van der Waals surface area contributed by atoms with Crippen LogP contribution >= 0.6 is 0 Å². The van der Waals surface area contributed by atoms with Crippen molar-refractivity contribution in [1.82, 2.24) is 0 Å². The van der Waals surface area contributed by atoms with Gasteiger partial charge in [0.15, 0.2) is 0 Å². The Kier molecular flexibility index (Phi) is 6.96. The van der Waals surface area contributed by atoms with Crippen LogP contribution in [0.5, 0.6) is 0 Å². The highest BCUT2D eigenvalue weighted by Gasteiger charge is 2.61. The van der Waals surface area contributed by atoms with Crippen molar-refractivity contribution in [3.8, 4) is 0 Å². The number of fused-ring (bicyclic) bond motifs is 5. The molecule has 3 saturated carbocycles. The van der Waals surface area contributed by atoms with Crippen molar-refractivity contribution in [2.45, 2.75) is 111 Å². The normalized spacial score (nSPS) is 46.6. The van der Waals surface area contributed by atoms with Crippen LogP contribution < -0.4 is 0 Å². The fourth-order valence-corrected chi connectivity index (χ4v) is 8.87. The van der Waals surface area contributed by atoms with E-state index in [2.05, 4.69) is 47.6 Å². The molecule has 3 heteroatoms. The van der Waals surface area contributed by atoms with Crippen LogP contribution in [0.2, 0.25) is 0 Å². The first-order chi connectivity index (χ1) is 15.0. The van der Waals surface area contributed by atoms with Crippen LogP contribution in [-0.4, -0.2) is 35.6 Å². The van der Waals surface area contributed by atoms with Gasteiger partial charge in [0, 0.05) is 7.11 Å². The maximum absolute atomic E-state index is 11.2. The Bertz CT molecular complexity index is 701. The van der Waals surface area contributed by atoms with Gasteiger partial charge >= 0.3 is 0 Å². The van der Waals surface area contributed by atoms with Crippen molar-refractivity contribution >= 4 is 0 Å². The Balaban J connectivity index is 1.58. The van der Waals surface area contributed by atoms with Gasteiger partial charge in [-0.2, -0.15) is 0 Å². The minimum Gasteiger partial charge on any atom is -0.393 e. The molecule has 0 aromatic heterocycles. The van der Waals surface area contributed by atoms with Gasteiger partial charge in [-0.05, 0) is 104 Å². The van der Waals surface area contributed by atoms with E-state index in [1.165, 1.54) is 31.3 Å². The first-order valence-electron chi connectivity index (χ1n) is 13.6.